The quantitative estimate of drug-likeness (QED) is 0.655. The monoisotopic (exact) mass is 202 g/mol. The van der Waals surface area contributed by atoms with Crippen LogP contribution in [0.25, 0.3) is 0 Å². The van der Waals surface area contributed by atoms with E-state index in [9.17, 15) is 0 Å². The van der Waals surface area contributed by atoms with Crippen molar-refractivity contribution in [3.8, 4) is 0 Å². The molecule has 1 aliphatic heterocycles. The van der Waals surface area contributed by atoms with E-state index in [1.54, 1.807) is 0 Å². The van der Waals surface area contributed by atoms with Gasteiger partial charge in [-0.1, -0.05) is 19.8 Å². The third kappa shape index (κ3) is 4.40. The number of ether oxygens (including phenoxy) is 3. The molecular weight excluding hydrogens is 180 g/mol. The van der Waals surface area contributed by atoms with Crippen LogP contribution in [-0.2, 0) is 14.2 Å². The van der Waals surface area contributed by atoms with E-state index in [-0.39, 0.29) is 5.79 Å². The Morgan fingerprint density at radius 1 is 1.00 bits per heavy atom. The first-order chi connectivity index (χ1) is 6.77. The summed E-state index contributed by atoms with van der Waals surface area (Å²) in [5, 5.41) is 0. The summed E-state index contributed by atoms with van der Waals surface area (Å²) in [5.41, 5.74) is 0. The SMILES string of the molecule is CCCCCC1(C)OCCOCCO1. The molecule has 1 aliphatic rings. The molecule has 0 N–H and O–H groups in total. The van der Waals surface area contributed by atoms with Gasteiger partial charge < -0.3 is 14.2 Å². The van der Waals surface area contributed by atoms with Crippen LogP contribution in [0.4, 0.5) is 0 Å². The highest BCUT2D eigenvalue weighted by molar-refractivity contribution is 4.64. The van der Waals surface area contributed by atoms with Crippen molar-refractivity contribution in [1.82, 2.24) is 0 Å². The van der Waals surface area contributed by atoms with Crippen LogP contribution in [0, 0.1) is 0 Å². The van der Waals surface area contributed by atoms with Crippen molar-refractivity contribution >= 4 is 0 Å². The number of hydrogen-bond donors (Lipinski definition) is 0. The summed E-state index contributed by atoms with van der Waals surface area (Å²) in [6, 6.07) is 0. The minimum atomic E-state index is -0.376. The van der Waals surface area contributed by atoms with Crippen LogP contribution in [0.15, 0.2) is 0 Å². The molecule has 1 fully saturated rings. The highest BCUT2D eigenvalue weighted by atomic mass is 16.7. The Hall–Kier alpha value is -0.120. The molecule has 3 nitrogen and oxygen atoms in total. The third-order valence-corrected chi connectivity index (χ3v) is 2.50. The van der Waals surface area contributed by atoms with Crippen LogP contribution >= 0.6 is 0 Å². The molecule has 0 radical (unpaired) electrons. The van der Waals surface area contributed by atoms with Crippen molar-refractivity contribution in [2.45, 2.75) is 45.3 Å². The predicted octanol–water partition coefficient (Wildman–Crippen LogP) is 2.35. The Morgan fingerprint density at radius 2 is 1.64 bits per heavy atom. The van der Waals surface area contributed by atoms with Gasteiger partial charge in [-0.2, -0.15) is 0 Å². The smallest absolute Gasteiger partial charge is 0.165 e. The minimum Gasteiger partial charge on any atom is -0.377 e. The second-order valence-electron chi connectivity index (χ2n) is 3.90. The molecule has 0 bridgehead atoms. The topological polar surface area (TPSA) is 27.7 Å². The number of rotatable bonds is 4. The van der Waals surface area contributed by atoms with Crippen molar-refractivity contribution < 1.29 is 14.2 Å². The molecule has 0 atom stereocenters. The largest absolute Gasteiger partial charge is 0.377 e. The van der Waals surface area contributed by atoms with E-state index in [4.69, 9.17) is 14.2 Å². The molecule has 0 aliphatic carbocycles. The van der Waals surface area contributed by atoms with Gasteiger partial charge in [0.15, 0.2) is 5.79 Å². The zero-order valence-electron chi connectivity index (χ0n) is 9.38. The fourth-order valence-corrected chi connectivity index (χ4v) is 1.62. The molecule has 3 heteroatoms. The van der Waals surface area contributed by atoms with E-state index in [1.165, 1.54) is 19.3 Å². The normalized spacial score (nSPS) is 22.7. The Kier molecular flexibility index (Phi) is 5.45. The maximum Gasteiger partial charge on any atom is 0.165 e. The second kappa shape index (κ2) is 6.38. The first kappa shape index (κ1) is 12.0. The fraction of sp³-hybridized carbons (Fsp3) is 1.00. The predicted molar refractivity (Wildman–Crippen MR) is 55.3 cm³/mol. The fourth-order valence-electron chi connectivity index (χ4n) is 1.62. The molecular formula is C11H22O3. The summed E-state index contributed by atoms with van der Waals surface area (Å²) in [7, 11) is 0. The van der Waals surface area contributed by atoms with Crippen molar-refractivity contribution in [1.29, 1.82) is 0 Å². The van der Waals surface area contributed by atoms with Crippen molar-refractivity contribution in [2.24, 2.45) is 0 Å². The van der Waals surface area contributed by atoms with E-state index >= 15 is 0 Å². The zero-order chi connectivity index (χ0) is 10.3. The van der Waals surface area contributed by atoms with Crippen LogP contribution in [-0.4, -0.2) is 32.2 Å². The molecule has 1 rings (SSSR count). The average molecular weight is 202 g/mol. The highest BCUT2D eigenvalue weighted by Crippen LogP contribution is 2.21. The van der Waals surface area contributed by atoms with Gasteiger partial charge in [0.25, 0.3) is 0 Å². The van der Waals surface area contributed by atoms with E-state index in [0.29, 0.717) is 26.4 Å². The maximum absolute atomic E-state index is 5.67. The zero-order valence-corrected chi connectivity index (χ0v) is 9.38. The van der Waals surface area contributed by atoms with Gasteiger partial charge in [0.1, 0.15) is 0 Å². The highest BCUT2D eigenvalue weighted by Gasteiger charge is 2.26. The van der Waals surface area contributed by atoms with Crippen molar-refractivity contribution in [3.63, 3.8) is 0 Å². The number of unbranched alkanes of at least 4 members (excludes halogenated alkanes) is 2. The molecule has 0 amide bonds. The lowest BCUT2D eigenvalue weighted by atomic mass is 10.1. The summed E-state index contributed by atoms with van der Waals surface area (Å²) >= 11 is 0. The number of hydrogen-bond acceptors (Lipinski definition) is 3. The second-order valence-corrected chi connectivity index (χ2v) is 3.90. The summed E-state index contributed by atoms with van der Waals surface area (Å²) in [6.45, 7) is 6.90. The van der Waals surface area contributed by atoms with Crippen LogP contribution in [0.2, 0.25) is 0 Å². The van der Waals surface area contributed by atoms with Crippen molar-refractivity contribution in [2.75, 3.05) is 26.4 Å². The third-order valence-electron chi connectivity index (χ3n) is 2.50. The summed E-state index contributed by atoms with van der Waals surface area (Å²) in [5.74, 6) is -0.376. The van der Waals surface area contributed by atoms with E-state index in [1.807, 2.05) is 6.92 Å². The maximum atomic E-state index is 5.67. The van der Waals surface area contributed by atoms with Gasteiger partial charge in [-0.3, -0.25) is 0 Å². The van der Waals surface area contributed by atoms with Gasteiger partial charge in [0.05, 0.1) is 26.4 Å². The van der Waals surface area contributed by atoms with E-state index in [0.717, 1.165) is 6.42 Å². The van der Waals surface area contributed by atoms with Crippen LogP contribution < -0.4 is 0 Å². The van der Waals surface area contributed by atoms with Crippen LogP contribution in [0.5, 0.6) is 0 Å². The molecule has 0 aromatic heterocycles. The van der Waals surface area contributed by atoms with Gasteiger partial charge in [-0.05, 0) is 13.3 Å². The van der Waals surface area contributed by atoms with E-state index < -0.39 is 0 Å². The Balaban J connectivity index is 2.27. The van der Waals surface area contributed by atoms with Crippen LogP contribution in [0.3, 0.4) is 0 Å². The van der Waals surface area contributed by atoms with Crippen molar-refractivity contribution in [3.05, 3.63) is 0 Å². The molecule has 0 saturated carbocycles. The lowest BCUT2D eigenvalue weighted by Crippen LogP contribution is -2.37. The first-order valence-electron chi connectivity index (χ1n) is 5.62. The summed E-state index contributed by atoms with van der Waals surface area (Å²) in [4.78, 5) is 0. The summed E-state index contributed by atoms with van der Waals surface area (Å²) < 4.78 is 16.6. The Bertz CT molecular complexity index is 139. The first-order valence-corrected chi connectivity index (χ1v) is 5.62. The Morgan fingerprint density at radius 3 is 2.21 bits per heavy atom. The molecule has 0 aromatic rings. The van der Waals surface area contributed by atoms with E-state index in [2.05, 4.69) is 6.92 Å². The van der Waals surface area contributed by atoms with Gasteiger partial charge in [0.2, 0.25) is 0 Å². The Labute approximate surface area is 86.7 Å². The van der Waals surface area contributed by atoms with Gasteiger partial charge >= 0.3 is 0 Å². The molecule has 14 heavy (non-hydrogen) atoms. The molecule has 84 valence electrons. The molecule has 1 heterocycles. The molecule has 0 unspecified atom stereocenters. The standard InChI is InChI=1S/C11H22O3/c1-3-4-5-6-11(2)13-9-7-12-8-10-14-11/h3-10H2,1-2H3. The molecule has 0 spiro atoms. The molecule has 0 aromatic carbocycles. The lowest BCUT2D eigenvalue weighted by molar-refractivity contribution is -0.252. The lowest BCUT2D eigenvalue weighted by Gasteiger charge is -2.31. The summed E-state index contributed by atoms with van der Waals surface area (Å²) in [6.07, 6.45) is 4.65. The minimum absolute atomic E-state index is 0.376. The van der Waals surface area contributed by atoms with Gasteiger partial charge in [-0.25, -0.2) is 0 Å². The average Bonchev–Trinajstić information content (AvgIpc) is 2.13. The van der Waals surface area contributed by atoms with Crippen LogP contribution in [0.1, 0.15) is 39.5 Å². The van der Waals surface area contributed by atoms with Gasteiger partial charge in [-0.15, -0.1) is 0 Å². The van der Waals surface area contributed by atoms with Gasteiger partial charge in [0, 0.05) is 6.42 Å². The molecule has 1 saturated heterocycles.